The maximum atomic E-state index is 2.58. The summed E-state index contributed by atoms with van der Waals surface area (Å²) in [4.78, 5) is 0. The molecule has 14 aromatic carbocycles. The van der Waals surface area contributed by atoms with Gasteiger partial charge in [-0.15, -0.1) is 0 Å². The first-order chi connectivity index (χ1) is 43.0. The van der Waals surface area contributed by atoms with E-state index in [4.69, 9.17) is 0 Å². The standard InChI is InChI=1S/C87H68/c1-3-15-59(16-4-1)47-71-39-36-64-19-11-12-24-80(64)87-57-74(44-46-81(71)87)79(72-40-37-69-49-65-20-7-9-22-67(65)51-77(69)53-72)45-31-58-27-32-61(33-28-58)62-34-29-60(30-35-62)48-84(73-41-38-70-50-66-21-8-10-23-68(66)52-78(70)54-73)75-42-43-76-56-85(63-17-5-2-6-18-63)82-25-13-14-26-83(82)86(76)55-75/h1-30,32-35,37-38,40-44,46,49-55,57,71,79,84-85H,31,36,39,45,47-48,56H2. The average Bonchev–Trinajstić information content (AvgIpc) is 2.94. The minimum absolute atomic E-state index is 0.159. The molecule has 4 unspecified atom stereocenters. The Morgan fingerprint density at radius 1 is 0.310 bits per heavy atom. The highest BCUT2D eigenvalue weighted by atomic mass is 14.3. The van der Waals surface area contributed by atoms with Gasteiger partial charge < -0.3 is 0 Å². The van der Waals surface area contributed by atoms with E-state index in [0.29, 0.717) is 11.8 Å². The number of hydrogen-bond donors (Lipinski definition) is 0. The molecule has 0 fully saturated rings. The minimum Gasteiger partial charge on any atom is -0.0622 e. The molecule has 87 heavy (non-hydrogen) atoms. The van der Waals surface area contributed by atoms with Gasteiger partial charge in [-0.05, 0) is 218 Å². The number of benzene rings is 14. The van der Waals surface area contributed by atoms with Crippen LogP contribution in [0.3, 0.4) is 0 Å². The second kappa shape index (κ2) is 22.8. The Bertz CT molecular complexity index is 4840. The first-order valence-corrected chi connectivity index (χ1v) is 31.6. The highest BCUT2D eigenvalue weighted by Gasteiger charge is 2.29. The maximum Gasteiger partial charge on any atom is 0.0136 e. The quantitative estimate of drug-likeness (QED) is 0.101. The molecule has 2 aliphatic rings. The normalized spacial score (nSPS) is 15.1. The van der Waals surface area contributed by atoms with Crippen LogP contribution in [0.4, 0.5) is 0 Å². The molecule has 0 saturated carbocycles. The summed E-state index contributed by atoms with van der Waals surface area (Å²) in [6.07, 6.45) is 7.15. The summed E-state index contributed by atoms with van der Waals surface area (Å²) in [5.41, 5.74) is 24.8. The van der Waals surface area contributed by atoms with Gasteiger partial charge in [0.2, 0.25) is 0 Å². The molecule has 0 amide bonds. The molecule has 0 aliphatic heterocycles. The lowest BCUT2D eigenvalue weighted by atomic mass is 9.74. The molecular weight excluding hydrogens is 1040 g/mol. The van der Waals surface area contributed by atoms with Crippen LogP contribution >= 0.6 is 0 Å². The van der Waals surface area contributed by atoms with E-state index in [-0.39, 0.29) is 11.8 Å². The van der Waals surface area contributed by atoms with Crippen molar-refractivity contribution in [2.45, 2.75) is 68.6 Å². The van der Waals surface area contributed by atoms with Gasteiger partial charge in [0, 0.05) is 17.8 Å². The Morgan fingerprint density at radius 3 is 1.49 bits per heavy atom. The fourth-order valence-corrected chi connectivity index (χ4v) is 15.1. The molecule has 416 valence electrons. The first-order valence-electron chi connectivity index (χ1n) is 31.6. The molecule has 0 bridgehead atoms. The van der Waals surface area contributed by atoms with Crippen molar-refractivity contribution in [2.75, 3.05) is 0 Å². The van der Waals surface area contributed by atoms with Crippen molar-refractivity contribution in [3.8, 4) is 33.4 Å². The van der Waals surface area contributed by atoms with Crippen LogP contribution in [0.1, 0.15) is 103 Å². The van der Waals surface area contributed by atoms with Crippen LogP contribution in [0.2, 0.25) is 0 Å². The molecule has 2 aliphatic carbocycles. The lowest BCUT2D eigenvalue weighted by molar-refractivity contribution is 0.628. The third-order valence-corrected chi connectivity index (χ3v) is 19.8. The van der Waals surface area contributed by atoms with E-state index in [9.17, 15) is 0 Å². The van der Waals surface area contributed by atoms with Crippen molar-refractivity contribution < 1.29 is 0 Å². The number of hydrogen-bond acceptors (Lipinski definition) is 0. The molecule has 0 aromatic heterocycles. The Hall–Kier alpha value is -9.88. The average molecular weight is 1110 g/mol. The van der Waals surface area contributed by atoms with Gasteiger partial charge in [0.05, 0.1) is 0 Å². The zero-order valence-corrected chi connectivity index (χ0v) is 49.1. The van der Waals surface area contributed by atoms with Crippen molar-refractivity contribution in [3.63, 3.8) is 0 Å². The largest absolute Gasteiger partial charge is 0.0622 e. The van der Waals surface area contributed by atoms with Gasteiger partial charge in [-0.1, -0.05) is 279 Å². The Morgan fingerprint density at radius 2 is 0.816 bits per heavy atom. The zero-order chi connectivity index (χ0) is 57.6. The summed E-state index contributed by atoms with van der Waals surface area (Å²) in [5, 5.41) is 10.3. The SMILES string of the molecule is c1ccc(CC2CCc3ccccc3-c3cc(C(CCc4ccc(-c5ccc(CC(c6ccc7c(c6)-c6ccccc6C(c6ccccc6)C7)c6ccc7cc8ccccc8cc7c6)cc5)cc4)c4ccc5cc6ccccc6cc5c4)ccc32)cc1. The van der Waals surface area contributed by atoms with E-state index < -0.39 is 0 Å². The predicted molar refractivity (Wildman–Crippen MR) is 367 cm³/mol. The third-order valence-electron chi connectivity index (χ3n) is 19.8. The van der Waals surface area contributed by atoms with Crippen LogP contribution in [0.15, 0.2) is 303 Å². The van der Waals surface area contributed by atoms with Gasteiger partial charge in [-0.3, -0.25) is 0 Å². The topological polar surface area (TPSA) is 0 Å². The number of aryl methyl sites for hydroxylation is 2. The lowest BCUT2D eigenvalue weighted by Gasteiger charge is -2.30. The molecule has 0 heteroatoms. The van der Waals surface area contributed by atoms with Gasteiger partial charge in [0.25, 0.3) is 0 Å². The summed E-state index contributed by atoms with van der Waals surface area (Å²) in [6.45, 7) is 0. The van der Waals surface area contributed by atoms with E-state index in [2.05, 4.69) is 303 Å². The van der Waals surface area contributed by atoms with E-state index in [0.717, 1.165) is 44.9 Å². The van der Waals surface area contributed by atoms with Crippen LogP contribution in [0, 0.1) is 0 Å². The Balaban J connectivity index is 0.697. The Kier molecular flexibility index (Phi) is 13.8. The van der Waals surface area contributed by atoms with E-state index >= 15 is 0 Å². The highest BCUT2D eigenvalue weighted by Crippen LogP contribution is 2.46. The monoisotopic (exact) mass is 1110 g/mol. The van der Waals surface area contributed by atoms with E-state index in [1.54, 1.807) is 0 Å². The van der Waals surface area contributed by atoms with Gasteiger partial charge in [0.1, 0.15) is 0 Å². The first kappa shape index (κ1) is 52.7. The van der Waals surface area contributed by atoms with Crippen LogP contribution < -0.4 is 0 Å². The number of fused-ring (bicyclic) bond motifs is 10. The molecular formula is C87H68. The molecule has 16 rings (SSSR count). The van der Waals surface area contributed by atoms with E-state index in [1.807, 2.05) is 0 Å². The van der Waals surface area contributed by atoms with Gasteiger partial charge in [-0.2, -0.15) is 0 Å². The van der Waals surface area contributed by atoms with Gasteiger partial charge in [-0.25, -0.2) is 0 Å². The summed E-state index contributed by atoms with van der Waals surface area (Å²) in [5.74, 6) is 1.16. The van der Waals surface area contributed by atoms with Crippen molar-refractivity contribution in [1.82, 2.24) is 0 Å². The van der Waals surface area contributed by atoms with Crippen LogP contribution in [-0.4, -0.2) is 0 Å². The maximum absolute atomic E-state index is 2.58. The van der Waals surface area contributed by atoms with Crippen LogP contribution in [0.25, 0.3) is 76.5 Å². The van der Waals surface area contributed by atoms with Crippen molar-refractivity contribution in [2.24, 2.45) is 0 Å². The molecule has 14 aromatic rings. The minimum atomic E-state index is 0.159. The van der Waals surface area contributed by atoms with Crippen molar-refractivity contribution in [3.05, 3.63) is 370 Å². The van der Waals surface area contributed by atoms with Gasteiger partial charge >= 0.3 is 0 Å². The van der Waals surface area contributed by atoms with E-state index in [1.165, 1.54) is 143 Å². The summed E-state index contributed by atoms with van der Waals surface area (Å²) in [6, 6.07) is 116. The molecule has 0 nitrogen and oxygen atoms in total. The smallest absolute Gasteiger partial charge is 0.0136 e. The van der Waals surface area contributed by atoms with Crippen molar-refractivity contribution >= 4 is 43.1 Å². The fraction of sp³-hybridized carbons (Fsp3) is 0.126. The summed E-state index contributed by atoms with van der Waals surface area (Å²) in [7, 11) is 0. The fourth-order valence-electron chi connectivity index (χ4n) is 15.1. The summed E-state index contributed by atoms with van der Waals surface area (Å²) < 4.78 is 0. The molecule has 0 radical (unpaired) electrons. The second-order valence-corrected chi connectivity index (χ2v) is 25.0. The third kappa shape index (κ3) is 10.4. The molecule has 0 spiro atoms. The molecule has 0 N–H and O–H groups in total. The highest BCUT2D eigenvalue weighted by molar-refractivity contribution is 5.99. The Labute approximate surface area is 512 Å². The summed E-state index contributed by atoms with van der Waals surface area (Å²) >= 11 is 0. The molecule has 0 saturated heterocycles. The molecule has 4 atom stereocenters. The zero-order valence-electron chi connectivity index (χ0n) is 49.1. The predicted octanol–water partition coefficient (Wildman–Crippen LogP) is 22.4. The van der Waals surface area contributed by atoms with Crippen LogP contribution in [-0.2, 0) is 32.1 Å². The second-order valence-electron chi connectivity index (χ2n) is 25.0. The van der Waals surface area contributed by atoms with Gasteiger partial charge in [0.15, 0.2) is 0 Å². The number of rotatable bonds is 13. The van der Waals surface area contributed by atoms with Crippen LogP contribution in [0.5, 0.6) is 0 Å². The molecule has 0 heterocycles. The lowest BCUT2D eigenvalue weighted by Crippen LogP contribution is -2.14. The van der Waals surface area contributed by atoms with Crippen molar-refractivity contribution in [1.29, 1.82) is 0 Å².